The minimum absolute atomic E-state index is 1.28. The lowest BCUT2D eigenvalue weighted by atomic mass is 10.2. The third-order valence-corrected chi connectivity index (χ3v) is 99.0. The molecule has 0 aliphatic heterocycles. The van der Waals surface area contributed by atoms with Crippen LogP contribution in [0.1, 0.15) is 0 Å². The van der Waals surface area contributed by atoms with Gasteiger partial charge < -0.3 is 0 Å². The maximum absolute atomic E-state index is 16.2. The topological polar surface area (TPSA) is 102 Å². The minimum Gasteiger partial charge on any atom is -0.224 e. The quantitative estimate of drug-likeness (QED) is 0.127. The maximum Gasteiger partial charge on any atom is 0.269 e. The second-order valence-electron chi connectivity index (χ2n) is 11.9. The van der Waals surface area contributed by atoms with Crippen LogP contribution in [0.15, 0.2) is 0 Å². The molecule has 0 bridgehead atoms. The van der Waals surface area contributed by atoms with Crippen molar-refractivity contribution in [2.75, 3.05) is 0 Å². The summed E-state index contributed by atoms with van der Waals surface area (Å²) in [5, 5.41) is 0. The number of alkyl halides is 39. The second kappa shape index (κ2) is 27.1. The smallest absolute Gasteiger partial charge is 0.224 e. The van der Waals surface area contributed by atoms with Gasteiger partial charge in [0.05, 0.1) is 0 Å². The molecule has 404 valence electrons. The number of halogens is 39. The zero-order valence-corrected chi connectivity index (χ0v) is 92.3. The third kappa shape index (κ3) is 14.6. The van der Waals surface area contributed by atoms with Gasteiger partial charge in [-0.25, -0.2) is 25.3 Å². The Kier molecular flexibility index (Phi) is 34.6. The van der Waals surface area contributed by atoms with Crippen LogP contribution in [0.2, 0.25) is 0 Å². The molecule has 0 aromatic rings. The van der Waals surface area contributed by atoms with Gasteiger partial charge in [-0.1, -0.05) is 621 Å². The zero-order chi connectivity index (χ0) is 56.1. The first kappa shape index (κ1) is 85.6. The van der Waals surface area contributed by atoms with Crippen molar-refractivity contribution < 1.29 is 25.3 Å². The van der Waals surface area contributed by atoms with E-state index in [9.17, 15) is 0 Å². The highest BCUT2D eigenvalue weighted by Crippen LogP contribution is 2.80. The van der Waals surface area contributed by atoms with Gasteiger partial charge in [-0.05, 0) is 0 Å². The zero-order valence-electron chi connectivity index (χ0n) is 28.0. The molecule has 6 nitrogen and oxygen atoms in total. The summed E-state index contributed by atoms with van der Waals surface area (Å²) in [4.78, 5) is 0. The van der Waals surface area contributed by atoms with Crippen LogP contribution >= 0.6 is 621 Å². The summed E-state index contributed by atoms with van der Waals surface area (Å²) >= 11 is 136. The molecular formula is C19HBr39O6S3. The Labute approximate surface area is 714 Å². The van der Waals surface area contributed by atoms with Crippen LogP contribution < -0.4 is 0 Å². The highest BCUT2D eigenvalue weighted by atomic mass is 80.0. The van der Waals surface area contributed by atoms with Crippen molar-refractivity contribution in [3.8, 4) is 0 Å². The van der Waals surface area contributed by atoms with Gasteiger partial charge in [-0.2, -0.15) is 0 Å². The Morgan fingerprint density at radius 1 is 0.179 bits per heavy atom. The molecule has 0 aromatic heterocycles. The molecule has 0 aliphatic rings. The van der Waals surface area contributed by atoms with E-state index in [-0.39, 0.29) is 0 Å². The second-order valence-corrected chi connectivity index (χ2v) is 94.4. The van der Waals surface area contributed by atoms with Crippen molar-refractivity contribution in [1.82, 2.24) is 0 Å². The van der Waals surface area contributed by atoms with E-state index in [1.165, 1.54) is 0 Å². The van der Waals surface area contributed by atoms with E-state index in [2.05, 4.69) is 621 Å². The lowest BCUT2D eigenvalue weighted by molar-refractivity contribution is 0.556. The first-order valence-electron chi connectivity index (χ1n) is 13.4. The van der Waals surface area contributed by atoms with Crippen LogP contribution in [0.4, 0.5) is 0 Å². The van der Waals surface area contributed by atoms with E-state index >= 15 is 25.3 Å². The fraction of sp³-hybridized carbons (Fsp3) is 1.00. The molecule has 0 aromatic carbocycles. The molecule has 0 saturated carbocycles. The van der Waals surface area contributed by atoms with Gasteiger partial charge in [0.2, 0.25) is 37.2 Å². The molecule has 0 unspecified atom stereocenters. The number of hydrogen-bond donors (Lipinski definition) is 0. The molecule has 0 rings (SSSR count). The summed E-state index contributed by atoms with van der Waals surface area (Å²) in [5.41, 5.74) is 0. The monoisotopic (exact) mass is 3500 g/mol. The maximum atomic E-state index is 16.2. The predicted octanol–water partition coefficient (Wildman–Crippen LogP) is 27.2. The Balaban J connectivity index is 9.56. The molecule has 0 spiro atoms. The first-order chi connectivity index (χ1) is 27.9. The van der Waals surface area contributed by atoms with Crippen LogP contribution in [-0.4, -0.2) is 82.1 Å². The molecule has 0 heterocycles. The van der Waals surface area contributed by atoms with E-state index in [0.29, 0.717) is 0 Å². The third-order valence-electron chi connectivity index (χ3n) is 7.55. The number of sulfone groups is 3. The summed E-state index contributed by atoms with van der Waals surface area (Å²) in [6, 6.07) is 0. The Bertz CT molecular complexity index is 1960. The molecule has 0 amide bonds. The van der Waals surface area contributed by atoms with E-state index < -0.39 is 86.4 Å². The van der Waals surface area contributed by atoms with Crippen LogP contribution in [0.25, 0.3) is 0 Å². The molecule has 0 atom stereocenters. The van der Waals surface area contributed by atoms with Crippen molar-refractivity contribution in [1.29, 1.82) is 0 Å². The number of rotatable bonds is 18. The molecule has 0 N–H and O–H groups in total. The van der Waals surface area contributed by atoms with Gasteiger partial charge >= 0.3 is 0 Å². The summed E-state index contributed by atoms with van der Waals surface area (Å²) in [6.45, 7) is 0. The molecule has 0 aliphatic carbocycles. The number of hydrogen-bond acceptors (Lipinski definition) is 6. The fourth-order valence-electron chi connectivity index (χ4n) is 3.66. The van der Waals surface area contributed by atoms with Gasteiger partial charge in [-0.3, -0.25) is 0 Å². The van der Waals surface area contributed by atoms with Crippen LogP contribution in [0.5, 0.6) is 0 Å². The Morgan fingerprint density at radius 3 is 0.388 bits per heavy atom. The van der Waals surface area contributed by atoms with Crippen molar-refractivity contribution in [3.63, 3.8) is 0 Å². The largest absolute Gasteiger partial charge is 0.269 e. The van der Waals surface area contributed by atoms with Gasteiger partial charge in [-0.15, -0.1) is 0 Å². The SMILES string of the molecule is O=S(=O)(C(S(=O)(=O)C(Br)(Br)C(Br)(Br)C(Br)(Br)C(Br)(Br)C(Br)(Br)C(Br)(Br)Br)S(=O)(=O)C(Br)(Br)C(Br)(Br)C(Br)(Br)C(Br)(Br)C(Br)(Br)C(Br)(Br)Br)C(Br)(Br)C(Br)(Br)C(Br)(Br)C(Br)(Br)C(Br)(Br)C(Br)(Br)Br. The van der Waals surface area contributed by atoms with Crippen LogP contribution in [0, 0.1) is 0 Å². The summed E-state index contributed by atoms with van der Waals surface area (Å²) in [6.07, 6.45) is 0. The van der Waals surface area contributed by atoms with E-state index in [1.54, 1.807) is 0 Å². The summed E-state index contributed by atoms with van der Waals surface area (Å²) in [5.74, 6) is 0. The van der Waals surface area contributed by atoms with Crippen LogP contribution in [0.3, 0.4) is 0 Å². The lowest BCUT2D eigenvalue weighted by Gasteiger charge is -2.55. The van der Waals surface area contributed by atoms with E-state index in [0.717, 1.165) is 0 Å². The molecular weight excluding hydrogens is 3540 g/mol. The Hall–Kier alpha value is 18.6. The molecule has 48 heteroatoms. The molecule has 0 fully saturated rings. The van der Waals surface area contributed by atoms with Crippen molar-refractivity contribution >= 4 is 651 Å². The predicted molar refractivity (Wildman–Crippen MR) is 428 cm³/mol. The molecule has 67 heavy (non-hydrogen) atoms. The standard InChI is InChI=1S/C19HBr39O6S3/c20-2(21,8(32,33)14(44,45)46)5(26,27)11(38,39)17(53,54)65(59,60)1(66(61,62)18(55,56)12(40,41)6(28,29)3(22,23)9(34,35)15(47,48)49)67(63,64)19(57,58)13(42,43)7(30,31)4(24,25)10(36,37)16(50,51)52/h1H. The normalized spacial score (nSPS) is 17.4. The van der Waals surface area contributed by atoms with Gasteiger partial charge in [0.25, 0.3) is 3.91 Å². The van der Waals surface area contributed by atoms with Gasteiger partial charge in [0.15, 0.2) is 6.43 Å². The van der Waals surface area contributed by atoms with Crippen molar-refractivity contribution in [2.45, 2.75) is 56.8 Å². The summed E-state index contributed by atoms with van der Waals surface area (Å²) in [7, 11) is -18.1. The average Bonchev–Trinajstić information content (AvgIpc) is 3.04. The highest BCUT2D eigenvalue weighted by Gasteiger charge is 2.84. The fourth-order valence-corrected chi connectivity index (χ4v) is 54.7. The van der Waals surface area contributed by atoms with E-state index in [4.69, 9.17) is 0 Å². The van der Waals surface area contributed by atoms with Crippen molar-refractivity contribution in [3.05, 3.63) is 0 Å². The molecule has 0 saturated heterocycles. The van der Waals surface area contributed by atoms with Gasteiger partial charge in [0, 0.05) is 0 Å². The minimum atomic E-state index is -6.05. The average molecular weight is 3540 g/mol. The summed E-state index contributed by atoms with van der Waals surface area (Å²) < 4.78 is 58.2. The Morgan fingerprint density at radius 2 is 0.284 bits per heavy atom. The van der Waals surface area contributed by atoms with Crippen LogP contribution in [-0.2, 0) is 29.5 Å². The highest BCUT2D eigenvalue weighted by molar-refractivity contribution is 9.44. The lowest BCUT2D eigenvalue weighted by Crippen LogP contribution is -2.70. The first-order valence-corrected chi connectivity index (χ1v) is 49.0. The van der Waals surface area contributed by atoms with Gasteiger partial charge in [0.1, 0.15) is 38.8 Å². The van der Waals surface area contributed by atoms with Crippen molar-refractivity contribution in [2.24, 2.45) is 0 Å². The van der Waals surface area contributed by atoms with E-state index in [1.807, 2.05) is 0 Å². The molecule has 0 radical (unpaired) electrons.